The third kappa shape index (κ3) is 5.58. The molecule has 0 aliphatic rings. The molecule has 0 radical (unpaired) electrons. The number of thioether (sulfide) groups is 1. The molecule has 0 bridgehead atoms. The highest BCUT2D eigenvalue weighted by atomic mass is 32.2. The molecular weight excluding hydrogens is 252 g/mol. The van der Waals surface area contributed by atoms with Gasteiger partial charge >= 0.3 is 0 Å². The number of hydrogen-bond acceptors (Lipinski definition) is 4. The first-order valence-electron chi connectivity index (χ1n) is 5.42. The van der Waals surface area contributed by atoms with Gasteiger partial charge in [-0.3, -0.25) is 9.59 Å². The fourth-order valence-electron chi connectivity index (χ4n) is 1.24. The van der Waals surface area contributed by atoms with Crippen molar-refractivity contribution in [1.29, 1.82) is 0 Å². The fourth-order valence-corrected chi connectivity index (χ4v) is 1.91. The summed E-state index contributed by atoms with van der Waals surface area (Å²) in [6, 6.07) is 7.09. The molecule has 0 fully saturated rings. The van der Waals surface area contributed by atoms with Gasteiger partial charge in [-0.15, -0.1) is 0 Å². The molecule has 1 aromatic rings. The van der Waals surface area contributed by atoms with Gasteiger partial charge in [0.15, 0.2) is 0 Å². The first-order chi connectivity index (χ1) is 8.61. The number of carbonyl (C=O) groups excluding carboxylic acids is 2. The minimum atomic E-state index is -0.365. The Labute approximate surface area is 110 Å². The monoisotopic (exact) mass is 268 g/mol. The Morgan fingerprint density at radius 1 is 1.33 bits per heavy atom. The molecule has 1 aromatic carbocycles. The molecule has 0 aromatic heterocycles. The van der Waals surface area contributed by atoms with E-state index in [-0.39, 0.29) is 17.6 Å². The van der Waals surface area contributed by atoms with Gasteiger partial charge in [0, 0.05) is 17.9 Å². The Kier molecular flexibility index (Phi) is 6.07. The van der Waals surface area contributed by atoms with Crippen LogP contribution in [-0.4, -0.2) is 30.4 Å². The first kappa shape index (κ1) is 14.4. The van der Waals surface area contributed by atoms with Gasteiger partial charge in [-0.25, -0.2) is 0 Å². The third-order valence-electron chi connectivity index (χ3n) is 2.09. The first-order valence-corrected chi connectivity index (χ1v) is 6.57. The molecule has 5 nitrogen and oxygen atoms in total. The highest BCUT2D eigenvalue weighted by Crippen LogP contribution is 2.15. The van der Waals surface area contributed by atoms with Crippen molar-refractivity contribution < 1.29 is 14.3 Å². The molecular formula is C12H16N2O3S. The lowest BCUT2D eigenvalue weighted by Gasteiger charge is -2.05. The van der Waals surface area contributed by atoms with Gasteiger partial charge in [0.1, 0.15) is 5.75 Å². The van der Waals surface area contributed by atoms with E-state index in [1.165, 1.54) is 11.8 Å². The van der Waals surface area contributed by atoms with Crippen molar-refractivity contribution in [2.75, 3.05) is 23.9 Å². The predicted octanol–water partition coefficient (Wildman–Crippen LogP) is 1.24. The SMILES string of the molecule is COc1ccc(NC(=O)CCSCC(N)=O)cc1. The molecule has 98 valence electrons. The van der Waals surface area contributed by atoms with Gasteiger partial charge in [-0.2, -0.15) is 11.8 Å². The summed E-state index contributed by atoms with van der Waals surface area (Å²) in [6.45, 7) is 0. The smallest absolute Gasteiger partial charge is 0.227 e. The number of rotatable bonds is 7. The lowest BCUT2D eigenvalue weighted by Crippen LogP contribution is -2.15. The van der Waals surface area contributed by atoms with E-state index >= 15 is 0 Å². The number of methoxy groups -OCH3 is 1. The standard InChI is InChI=1S/C12H16N2O3S/c1-17-10-4-2-9(3-5-10)14-12(16)6-7-18-8-11(13)15/h2-5H,6-8H2,1H3,(H2,13,15)(H,14,16). The Hall–Kier alpha value is -1.69. The summed E-state index contributed by atoms with van der Waals surface area (Å²) in [4.78, 5) is 22.0. The average Bonchev–Trinajstić information content (AvgIpc) is 2.35. The second-order valence-electron chi connectivity index (χ2n) is 3.55. The number of nitrogens with two attached hydrogens (primary N) is 1. The van der Waals surface area contributed by atoms with Crippen LogP contribution in [0.3, 0.4) is 0 Å². The number of hydrogen-bond donors (Lipinski definition) is 2. The Morgan fingerprint density at radius 3 is 2.56 bits per heavy atom. The van der Waals surface area contributed by atoms with Crippen LogP contribution in [0.1, 0.15) is 6.42 Å². The molecule has 0 aliphatic heterocycles. The van der Waals surface area contributed by atoms with Crippen LogP contribution in [0.4, 0.5) is 5.69 Å². The van der Waals surface area contributed by atoms with Crippen molar-refractivity contribution in [1.82, 2.24) is 0 Å². The molecule has 18 heavy (non-hydrogen) atoms. The zero-order valence-electron chi connectivity index (χ0n) is 10.1. The Morgan fingerprint density at radius 2 is 2.00 bits per heavy atom. The second kappa shape index (κ2) is 7.60. The van der Waals surface area contributed by atoms with E-state index in [4.69, 9.17) is 10.5 Å². The summed E-state index contributed by atoms with van der Waals surface area (Å²) >= 11 is 1.35. The van der Waals surface area contributed by atoms with Crippen molar-refractivity contribution in [2.24, 2.45) is 5.73 Å². The maximum atomic E-state index is 11.5. The predicted molar refractivity (Wildman–Crippen MR) is 72.8 cm³/mol. The summed E-state index contributed by atoms with van der Waals surface area (Å²) in [6.07, 6.45) is 0.351. The number of anilines is 1. The van der Waals surface area contributed by atoms with E-state index in [0.29, 0.717) is 12.2 Å². The number of carbonyl (C=O) groups is 2. The molecule has 3 N–H and O–H groups in total. The van der Waals surface area contributed by atoms with E-state index in [2.05, 4.69) is 5.32 Å². The van der Waals surface area contributed by atoms with Gasteiger partial charge in [0.25, 0.3) is 0 Å². The Balaban J connectivity index is 2.28. The van der Waals surface area contributed by atoms with Crippen molar-refractivity contribution in [3.8, 4) is 5.75 Å². The maximum Gasteiger partial charge on any atom is 0.227 e. The van der Waals surface area contributed by atoms with Crippen molar-refractivity contribution >= 4 is 29.3 Å². The highest BCUT2D eigenvalue weighted by molar-refractivity contribution is 7.99. The second-order valence-corrected chi connectivity index (χ2v) is 4.65. The topological polar surface area (TPSA) is 81.4 Å². The summed E-state index contributed by atoms with van der Waals surface area (Å²) in [5, 5.41) is 2.76. The van der Waals surface area contributed by atoms with Gasteiger partial charge in [-0.1, -0.05) is 0 Å². The van der Waals surface area contributed by atoms with Crippen LogP contribution in [0, 0.1) is 0 Å². The van der Waals surface area contributed by atoms with Crippen LogP contribution in [0.15, 0.2) is 24.3 Å². The van der Waals surface area contributed by atoms with Crippen LogP contribution in [-0.2, 0) is 9.59 Å². The van der Waals surface area contributed by atoms with Gasteiger partial charge < -0.3 is 15.8 Å². The van der Waals surface area contributed by atoms with Gasteiger partial charge in [0.2, 0.25) is 11.8 Å². The number of amides is 2. The van der Waals surface area contributed by atoms with Crippen LogP contribution < -0.4 is 15.8 Å². The molecule has 1 rings (SSSR count). The van der Waals surface area contributed by atoms with Gasteiger partial charge in [0.05, 0.1) is 12.9 Å². The average molecular weight is 268 g/mol. The fraction of sp³-hybridized carbons (Fsp3) is 0.333. The van der Waals surface area contributed by atoms with Crippen molar-refractivity contribution in [3.63, 3.8) is 0 Å². The van der Waals surface area contributed by atoms with E-state index in [0.717, 1.165) is 11.4 Å². The number of benzene rings is 1. The number of ether oxygens (including phenoxy) is 1. The largest absolute Gasteiger partial charge is 0.497 e. The Bertz CT molecular complexity index is 406. The molecule has 0 heterocycles. The molecule has 0 unspecified atom stereocenters. The highest BCUT2D eigenvalue weighted by Gasteiger charge is 2.03. The van der Waals surface area contributed by atoms with E-state index in [1.807, 2.05) is 0 Å². The summed E-state index contributed by atoms with van der Waals surface area (Å²) in [7, 11) is 1.59. The molecule has 0 aliphatic carbocycles. The molecule has 0 saturated heterocycles. The van der Waals surface area contributed by atoms with Crippen LogP contribution in [0.2, 0.25) is 0 Å². The molecule has 0 saturated carbocycles. The van der Waals surface area contributed by atoms with Crippen LogP contribution in [0.25, 0.3) is 0 Å². The zero-order chi connectivity index (χ0) is 13.4. The molecule has 0 atom stereocenters. The minimum absolute atomic E-state index is 0.0860. The summed E-state index contributed by atoms with van der Waals surface area (Å²) < 4.78 is 5.02. The third-order valence-corrected chi connectivity index (χ3v) is 3.07. The lowest BCUT2D eigenvalue weighted by molar-refractivity contribution is -0.116. The maximum absolute atomic E-state index is 11.5. The summed E-state index contributed by atoms with van der Waals surface area (Å²) in [5.41, 5.74) is 5.71. The molecule has 6 heteroatoms. The quantitative estimate of drug-likeness (QED) is 0.729. The van der Waals surface area contributed by atoms with Crippen LogP contribution >= 0.6 is 11.8 Å². The van der Waals surface area contributed by atoms with E-state index in [1.54, 1.807) is 31.4 Å². The zero-order valence-corrected chi connectivity index (χ0v) is 11.0. The van der Waals surface area contributed by atoms with E-state index in [9.17, 15) is 9.59 Å². The van der Waals surface area contributed by atoms with Crippen molar-refractivity contribution in [2.45, 2.75) is 6.42 Å². The van der Waals surface area contributed by atoms with Gasteiger partial charge in [-0.05, 0) is 24.3 Å². The molecule has 2 amide bonds. The minimum Gasteiger partial charge on any atom is -0.497 e. The normalized spacial score (nSPS) is 9.83. The molecule has 0 spiro atoms. The van der Waals surface area contributed by atoms with Crippen LogP contribution in [0.5, 0.6) is 5.75 Å². The lowest BCUT2D eigenvalue weighted by atomic mass is 10.3. The van der Waals surface area contributed by atoms with E-state index < -0.39 is 0 Å². The number of primary amides is 1. The summed E-state index contributed by atoms with van der Waals surface area (Å²) in [5.74, 6) is 1.11. The number of nitrogens with one attached hydrogen (secondary N) is 1. The van der Waals surface area contributed by atoms with Crippen molar-refractivity contribution in [3.05, 3.63) is 24.3 Å².